The monoisotopic (exact) mass is 413 g/mol. The summed E-state index contributed by atoms with van der Waals surface area (Å²) in [6, 6.07) is 12.1. The lowest BCUT2D eigenvalue weighted by atomic mass is 10.2. The average Bonchev–Trinajstić information content (AvgIpc) is 2.78. The maximum Gasteiger partial charge on any atom is 0.251 e. The fourth-order valence-corrected chi connectivity index (χ4v) is 2.46. The van der Waals surface area contributed by atoms with Crippen molar-refractivity contribution in [1.29, 1.82) is 0 Å². The van der Waals surface area contributed by atoms with Crippen LogP contribution in [0.25, 0.3) is 0 Å². The first kappa shape index (κ1) is 22.7. The van der Waals surface area contributed by atoms with Crippen LogP contribution in [0.1, 0.15) is 35.7 Å². The maximum absolute atomic E-state index is 12.0. The Kier molecular flexibility index (Phi) is 9.18. The van der Waals surface area contributed by atoms with E-state index in [0.29, 0.717) is 29.4 Å². The molecule has 2 amide bonds. The SMILES string of the molecule is CCCOc1ccc(C=NNC(=O)CCNC(=O)c2ccc(OC)cc2)cc1OC. The van der Waals surface area contributed by atoms with Crippen LogP contribution in [0.15, 0.2) is 47.6 Å². The van der Waals surface area contributed by atoms with Gasteiger partial charge in [-0.25, -0.2) is 5.43 Å². The average molecular weight is 413 g/mol. The molecule has 0 atom stereocenters. The van der Waals surface area contributed by atoms with Gasteiger partial charge in [-0.2, -0.15) is 5.10 Å². The van der Waals surface area contributed by atoms with Crippen LogP contribution in [0.2, 0.25) is 0 Å². The molecule has 0 fully saturated rings. The van der Waals surface area contributed by atoms with Crippen LogP contribution in [-0.4, -0.2) is 45.4 Å². The molecule has 0 spiro atoms. The topological polar surface area (TPSA) is 98.2 Å². The van der Waals surface area contributed by atoms with Crippen LogP contribution in [-0.2, 0) is 4.79 Å². The molecule has 2 aromatic carbocycles. The van der Waals surface area contributed by atoms with Gasteiger partial charge in [0.2, 0.25) is 5.91 Å². The highest BCUT2D eigenvalue weighted by molar-refractivity contribution is 5.94. The number of ether oxygens (including phenoxy) is 3. The van der Waals surface area contributed by atoms with E-state index in [9.17, 15) is 9.59 Å². The maximum atomic E-state index is 12.0. The Labute approximate surface area is 176 Å². The third kappa shape index (κ3) is 7.12. The Hall–Kier alpha value is -3.55. The number of nitrogens with one attached hydrogen (secondary N) is 2. The fraction of sp³-hybridized carbons (Fsp3) is 0.318. The number of hydrazone groups is 1. The second kappa shape index (κ2) is 12.1. The van der Waals surface area contributed by atoms with E-state index < -0.39 is 0 Å². The molecule has 0 aliphatic heterocycles. The standard InChI is InChI=1S/C22H27N3O5/c1-4-13-30-19-10-5-16(14-20(19)29-3)15-24-25-21(26)11-12-23-22(27)17-6-8-18(28-2)9-7-17/h5-10,14-15H,4,11-13H2,1-3H3,(H,23,27)(H,25,26). The molecule has 2 N–H and O–H groups in total. The minimum absolute atomic E-state index is 0.104. The van der Waals surface area contributed by atoms with E-state index in [1.807, 2.05) is 13.0 Å². The number of methoxy groups -OCH3 is 2. The van der Waals surface area contributed by atoms with Gasteiger partial charge in [0.15, 0.2) is 11.5 Å². The molecule has 8 nitrogen and oxygen atoms in total. The van der Waals surface area contributed by atoms with E-state index in [0.717, 1.165) is 12.0 Å². The largest absolute Gasteiger partial charge is 0.497 e. The molecule has 0 radical (unpaired) electrons. The zero-order valence-corrected chi connectivity index (χ0v) is 17.4. The zero-order chi connectivity index (χ0) is 21.8. The van der Waals surface area contributed by atoms with Gasteiger partial charge in [0, 0.05) is 18.5 Å². The first-order chi connectivity index (χ1) is 14.6. The molecule has 2 rings (SSSR count). The number of amides is 2. The van der Waals surface area contributed by atoms with Crippen LogP contribution in [0.4, 0.5) is 0 Å². The second-order valence-electron chi connectivity index (χ2n) is 6.29. The van der Waals surface area contributed by atoms with Gasteiger partial charge in [0.25, 0.3) is 5.91 Å². The minimum Gasteiger partial charge on any atom is -0.497 e. The van der Waals surface area contributed by atoms with Crippen molar-refractivity contribution in [3.8, 4) is 17.2 Å². The van der Waals surface area contributed by atoms with Crippen LogP contribution in [0.5, 0.6) is 17.2 Å². The van der Waals surface area contributed by atoms with Gasteiger partial charge in [-0.3, -0.25) is 9.59 Å². The Morgan fingerprint density at radius 2 is 1.80 bits per heavy atom. The summed E-state index contributed by atoms with van der Waals surface area (Å²) in [5.74, 6) is 1.36. The lowest BCUT2D eigenvalue weighted by Gasteiger charge is -2.10. The molecule has 0 saturated carbocycles. The summed E-state index contributed by atoms with van der Waals surface area (Å²) in [4.78, 5) is 23.9. The van der Waals surface area contributed by atoms with Crippen molar-refractivity contribution < 1.29 is 23.8 Å². The first-order valence-electron chi connectivity index (χ1n) is 9.62. The van der Waals surface area contributed by atoms with Crippen molar-refractivity contribution in [3.63, 3.8) is 0 Å². The summed E-state index contributed by atoms with van der Waals surface area (Å²) in [6.45, 7) is 2.83. The van der Waals surface area contributed by atoms with Crippen LogP contribution >= 0.6 is 0 Å². The third-order valence-electron chi connectivity index (χ3n) is 4.04. The number of benzene rings is 2. The van der Waals surface area contributed by atoms with E-state index in [1.54, 1.807) is 50.6 Å². The van der Waals surface area contributed by atoms with Crippen molar-refractivity contribution in [2.45, 2.75) is 19.8 Å². The Morgan fingerprint density at radius 3 is 2.47 bits per heavy atom. The summed E-state index contributed by atoms with van der Waals surface area (Å²) in [7, 11) is 3.13. The lowest BCUT2D eigenvalue weighted by molar-refractivity contribution is -0.120. The van der Waals surface area contributed by atoms with E-state index in [4.69, 9.17) is 14.2 Å². The molecular weight excluding hydrogens is 386 g/mol. The predicted molar refractivity (Wildman–Crippen MR) is 114 cm³/mol. The van der Waals surface area contributed by atoms with Crippen molar-refractivity contribution in [1.82, 2.24) is 10.7 Å². The van der Waals surface area contributed by atoms with Gasteiger partial charge in [0.1, 0.15) is 5.75 Å². The zero-order valence-electron chi connectivity index (χ0n) is 17.4. The highest BCUT2D eigenvalue weighted by atomic mass is 16.5. The number of hydrogen-bond acceptors (Lipinski definition) is 6. The predicted octanol–water partition coefficient (Wildman–Crippen LogP) is 2.76. The van der Waals surface area contributed by atoms with Gasteiger partial charge in [0.05, 0.1) is 27.0 Å². The molecular formula is C22H27N3O5. The van der Waals surface area contributed by atoms with Crippen LogP contribution in [0.3, 0.4) is 0 Å². The van der Waals surface area contributed by atoms with Gasteiger partial charge >= 0.3 is 0 Å². The quantitative estimate of drug-likeness (QED) is 0.436. The minimum atomic E-state index is -0.309. The van der Waals surface area contributed by atoms with Gasteiger partial charge < -0.3 is 19.5 Å². The highest BCUT2D eigenvalue weighted by Crippen LogP contribution is 2.27. The molecule has 30 heavy (non-hydrogen) atoms. The Morgan fingerprint density at radius 1 is 1.03 bits per heavy atom. The van der Waals surface area contributed by atoms with E-state index >= 15 is 0 Å². The molecule has 0 aromatic heterocycles. The summed E-state index contributed by atoms with van der Waals surface area (Å²) < 4.78 is 16.0. The highest BCUT2D eigenvalue weighted by Gasteiger charge is 2.07. The summed E-state index contributed by atoms with van der Waals surface area (Å²) in [6.07, 6.45) is 2.52. The molecule has 0 aliphatic rings. The molecule has 0 heterocycles. The molecule has 0 bridgehead atoms. The van der Waals surface area contributed by atoms with Crippen LogP contribution < -0.4 is 25.0 Å². The van der Waals surface area contributed by atoms with Gasteiger partial charge in [-0.05, 0) is 54.4 Å². The molecule has 2 aromatic rings. The molecule has 160 valence electrons. The molecule has 0 saturated heterocycles. The number of carbonyl (C=O) groups excluding carboxylic acids is 2. The smallest absolute Gasteiger partial charge is 0.251 e. The first-order valence-corrected chi connectivity index (χ1v) is 9.62. The van der Waals surface area contributed by atoms with Gasteiger partial charge in [-0.1, -0.05) is 6.92 Å². The van der Waals surface area contributed by atoms with E-state index in [1.165, 1.54) is 6.21 Å². The molecule has 8 heteroatoms. The number of carbonyl (C=O) groups is 2. The van der Waals surface area contributed by atoms with Crippen LogP contribution in [0, 0.1) is 0 Å². The molecule has 0 aliphatic carbocycles. The summed E-state index contributed by atoms with van der Waals surface area (Å²) in [5, 5.41) is 6.63. The van der Waals surface area contributed by atoms with Crippen molar-refractivity contribution in [3.05, 3.63) is 53.6 Å². The fourth-order valence-electron chi connectivity index (χ4n) is 2.46. The lowest BCUT2D eigenvalue weighted by Crippen LogP contribution is -2.29. The van der Waals surface area contributed by atoms with E-state index in [-0.39, 0.29) is 24.8 Å². The van der Waals surface area contributed by atoms with Gasteiger partial charge in [-0.15, -0.1) is 0 Å². The Bertz CT molecular complexity index is 866. The second-order valence-corrected chi connectivity index (χ2v) is 6.29. The summed E-state index contributed by atoms with van der Waals surface area (Å²) >= 11 is 0. The van der Waals surface area contributed by atoms with E-state index in [2.05, 4.69) is 15.8 Å². The third-order valence-corrected chi connectivity index (χ3v) is 4.04. The van der Waals surface area contributed by atoms with Crippen molar-refractivity contribution in [2.75, 3.05) is 27.4 Å². The normalized spacial score (nSPS) is 10.5. The van der Waals surface area contributed by atoms with Crippen molar-refractivity contribution in [2.24, 2.45) is 5.10 Å². The number of nitrogens with zero attached hydrogens (tertiary/aromatic N) is 1. The van der Waals surface area contributed by atoms with Crippen molar-refractivity contribution >= 4 is 18.0 Å². The Balaban J connectivity index is 1.77. The number of hydrogen-bond donors (Lipinski definition) is 2. The molecule has 0 unspecified atom stereocenters. The summed E-state index contributed by atoms with van der Waals surface area (Å²) in [5.41, 5.74) is 3.69. The number of rotatable bonds is 11.